The minimum Gasteiger partial charge on any atom is -0.483 e. The second kappa shape index (κ2) is 8.05. The van der Waals surface area contributed by atoms with Crippen molar-refractivity contribution in [1.29, 1.82) is 0 Å². The lowest BCUT2D eigenvalue weighted by atomic mass is 10.1. The molecule has 9 heteroatoms. The smallest absolute Gasteiger partial charge is 0.272 e. The largest absolute Gasteiger partial charge is 0.483 e. The molecule has 0 fully saturated rings. The lowest BCUT2D eigenvalue weighted by Crippen LogP contribution is -2.43. The number of carbonyl (C=O) groups is 1. The van der Waals surface area contributed by atoms with Gasteiger partial charge in [0.05, 0.1) is 5.02 Å². The number of nitrogens with one attached hydrogen (secondary N) is 2. The molecule has 0 aliphatic rings. The zero-order valence-corrected chi connectivity index (χ0v) is 15.8. The number of para-hydroxylation sites is 1. The minimum absolute atomic E-state index is 0.0158. The van der Waals surface area contributed by atoms with Crippen molar-refractivity contribution in [3.63, 3.8) is 0 Å². The van der Waals surface area contributed by atoms with Gasteiger partial charge in [-0.3, -0.25) is 10.2 Å². The second-order valence-corrected chi connectivity index (χ2v) is 7.73. The molecule has 25 heavy (non-hydrogen) atoms. The first-order valence-corrected chi connectivity index (χ1v) is 9.39. The van der Waals surface area contributed by atoms with Crippen LogP contribution in [0.3, 0.4) is 0 Å². The summed E-state index contributed by atoms with van der Waals surface area (Å²) in [6.07, 6.45) is 0. The molecule has 0 heterocycles. The quantitative estimate of drug-likeness (QED) is 0.727. The van der Waals surface area contributed by atoms with Gasteiger partial charge in [-0.2, -0.15) is 0 Å². The molecule has 0 aromatic heterocycles. The maximum absolute atomic E-state index is 12.2. The van der Waals surface area contributed by atoms with Gasteiger partial charge in [-0.1, -0.05) is 41.4 Å². The summed E-state index contributed by atoms with van der Waals surface area (Å²) in [4.78, 5) is 13.6. The van der Waals surface area contributed by atoms with E-state index in [0.29, 0.717) is 5.75 Å². The molecule has 2 aromatic carbocycles. The van der Waals surface area contributed by atoms with Gasteiger partial charge in [-0.05, 0) is 43.2 Å². The number of ether oxygens (including phenoxy) is 1. The third-order valence-electron chi connectivity index (χ3n) is 3.26. The summed E-state index contributed by atoms with van der Waals surface area (Å²) < 4.78 is 29.8. The molecular weight excluding hydrogens is 387 g/mol. The van der Waals surface area contributed by atoms with Crippen LogP contribution in [-0.4, -0.2) is 20.9 Å². The van der Waals surface area contributed by atoms with E-state index in [2.05, 4.69) is 5.43 Å². The number of benzene rings is 2. The highest BCUT2D eigenvalue weighted by Crippen LogP contribution is 2.24. The Morgan fingerprint density at radius 1 is 1.12 bits per heavy atom. The molecule has 0 spiro atoms. The molecule has 0 unspecified atom stereocenters. The maximum Gasteiger partial charge on any atom is 0.272 e. The molecule has 0 saturated carbocycles. The van der Waals surface area contributed by atoms with Crippen LogP contribution >= 0.6 is 23.2 Å². The second-order valence-electron chi connectivity index (χ2n) is 5.24. The van der Waals surface area contributed by atoms with Crippen LogP contribution in [0.25, 0.3) is 0 Å². The van der Waals surface area contributed by atoms with Gasteiger partial charge in [0.15, 0.2) is 6.61 Å². The highest BCUT2D eigenvalue weighted by atomic mass is 35.5. The summed E-state index contributed by atoms with van der Waals surface area (Å²) in [6.45, 7) is 3.35. The summed E-state index contributed by atoms with van der Waals surface area (Å²) >= 11 is 11.6. The normalized spacial score (nSPS) is 11.2. The van der Waals surface area contributed by atoms with Crippen molar-refractivity contribution in [2.75, 3.05) is 6.61 Å². The maximum atomic E-state index is 12.2. The Hall–Kier alpha value is -1.80. The highest BCUT2D eigenvalue weighted by Gasteiger charge is 2.19. The first-order valence-electron chi connectivity index (χ1n) is 7.15. The fraction of sp³-hybridized carbons (Fsp3) is 0.188. The van der Waals surface area contributed by atoms with Crippen LogP contribution in [0.15, 0.2) is 41.3 Å². The van der Waals surface area contributed by atoms with Crippen LogP contribution in [-0.2, 0) is 14.8 Å². The first-order chi connectivity index (χ1) is 11.7. The van der Waals surface area contributed by atoms with E-state index in [9.17, 15) is 13.2 Å². The molecule has 2 rings (SSSR count). The van der Waals surface area contributed by atoms with Gasteiger partial charge < -0.3 is 4.74 Å². The van der Waals surface area contributed by atoms with Crippen LogP contribution in [0.4, 0.5) is 0 Å². The Morgan fingerprint density at radius 2 is 1.76 bits per heavy atom. The number of amides is 1. The standard InChI is InChI=1S/C16H16Cl2N2O4S/c1-10-4-3-5-11(2)16(10)24-9-15(21)19-20-25(22,23)14-8-12(17)6-7-13(14)18/h3-8,20H,9H2,1-2H3,(H,19,21). The van der Waals surface area contributed by atoms with Gasteiger partial charge in [0, 0.05) is 5.02 Å². The Bertz CT molecular complexity index is 881. The number of rotatable bonds is 6. The number of hydrazine groups is 1. The van der Waals surface area contributed by atoms with Crippen LogP contribution in [0.1, 0.15) is 11.1 Å². The average molecular weight is 403 g/mol. The Balaban J connectivity index is 1.98. The van der Waals surface area contributed by atoms with Gasteiger partial charge in [0.2, 0.25) is 0 Å². The lowest BCUT2D eigenvalue weighted by molar-refractivity contribution is -0.123. The minimum atomic E-state index is -4.06. The van der Waals surface area contributed by atoms with Gasteiger partial charge in [-0.25, -0.2) is 8.42 Å². The van der Waals surface area contributed by atoms with E-state index < -0.39 is 15.9 Å². The molecular formula is C16H16Cl2N2O4S. The van der Waals surface area contributed by atoms with E-state index >= 15 is 0 Å². The third-order valence-corrected chi connectivity index (χ3v) is 5.23. The van der Waals surface area contributed by atoms with Crippen molar-refractivity contribution in [3.05, 3.63) is 57.6 Å². The van der Waals surface area contributed by atoms with Crippen molar-refractivity contribution in [2.45, 2.75) is 18.7 Å². The molecule has 2 aromatic rings. The summed E-state index contributed by atoms with van der Waals surface area (Å²) in [5.74, 6) is -0.0808. The average Bonchev–Trinajstić information content (AvgIpc) is 2.55. The van der Waals surface area contributed by atoms with E-state index in [0.717, 1.165) is 11.1 Å². The molecule has 0 aliphatic carbocycles. The fourth-order valence-electron chi connectivity index (χ4n) is 2.06. The fourth-order valence-corrected chi connectivity index (χ4v) is 3.69. The van der Waals surface area contributed by atoms with Crippen molar-refractivity contribution in [3.8, 4) is 5.75 Å². The van der Waals surface area contributed by atoms with Gasteiger partial charge in [0.1, 0.15) is 10.6 Å². The molecule has 0 radical (unpaired) electrons. The lowest BCUT2D eigenvalue weighted by Gasteiger charge is -2.13. The van der Waals surface area contributed by atoms with E-state index in [1.54, 1.807) is 0 Å². The summed E-state index contributed by atoms with van der Waals surface area (Å²) in [6, 6.07) is 9.57. The zero-order valence-electron chi connectivity index (χ0n) is 13.5. The van der Waals surface area contributed by atoms with Crippen molar-refractivity contribution < 1.29 is 17.9 Å². The van der Waals surface area contributed by atoms with E-state index in [-0.39, 0.29) is 21.5 Å². The molecule has 0 saturated heterocycles. The summed E-state index contributed by atoms with van der Waals surface area (Å²) in [5.41, 5.74) is 3.82. The number of carbonyl (C=O) groups excluding carboxylic acids is 1. The number of hydrogen-bond acceptors (Lipinski definition) is 4. The third kappa shape index (κ3) is 5.09. The van der Waals surface area contributed by atoms with Crippen LogP contribution in [0, 0.1) is 13.8 Å². The monoisotopic (exact) mass is 402 g/mol. The molecule has 0 aliphatic heterocycles. The van der Waals surface area contributed by atoms with Gasteiger partial charge in [-0.15, -0.1) is 4.83 Å². The first kappa shape index (κ1) is 19.5. The van der Waals surface area contributed by atoms with Gasteiger partial charge >= 0.3 is 0 Å². The van der Waals surface area contributed by atoms with Crippen LogP contribution in [0.5, 0.6) is 5.75 Å². The van der Waals surface area contributed by atoms with Crippen LogP contribution < -0.4 is 15.0 Å². The van der Waals surface area contributed by atoms with Crippen molar-refractivity contribution in [1.82, 2.24) is 10.3 Å². The molecule has 6 nitrogen and oxygen atoms in total. The predicted octanol–water partition coefficient (Wildman–Crippen LogP) is 3.00. The van der Waals surface area contributed by atoms with Crippen LogP contribution in [0.2, 0.25) is 10.0 Å². The van der Waals surface area contributed by atoms with Gasteiger partial charge in [0.25, 0.3) is 15.9 Å². The summed E-state index contributed by atoms with van der Waals surface area (Å²) in [7, 11) is -4.06. The van der Waals surface area contributed by atoms with E-state index in [4.69, 9.17) is 27.9 Å². The Labute approximate surface area is 156 Å². The number of sulfonamides is 1. The van der Waals surface area contributed by atoms with Crippen molar-refractivity contribution in [2.24, 2.45) is 0 Å². The highest BCUT2D eigenvalue weighted by molar-refractivity contribution is 7.89. The number of aryl methyl sites for hydroxylation is 2. The molecule has 0 atom stereocenters. The predicted molar refractivity (Wildman–Crippen MR) is 96.3 cm³/mol. The molecule has 0 bridgehead atoms. The van der Waals surface area contributed by atoms with Crippen molar-refractivity contribution >= 4 is 39.1 Å². The SMILES string of the molecule is Cc1cccc(C)c1OCC(=O)NNS(=O)(=O)c1cc(Cl)ccc1Cl. The molecule has 2 N–H and O–H groups in total. The zero-order chi connectivity index (χ0) is 18.6. The van der Waals surface area contributed by atoms with E-state index in [1.807, 2.05) is 36.9 Å². The number of halogens is 2. The Morgan fingerprint density at radius 3 is 2.40 bits per heavy atom. The Kier molecular flexibility index (Phi) is 6.29. The topological polar surface area (TPSA) is 84.5 Å². The molecule has 134 valence electrons. The van der Waals surface area contributed by atoms with E-state index in [1.165, 1.54) is 18.2 Å². The summed E-state index contributed by atoms with van der Waals surface area (Å²) in [5, 5.41) is 0.187. The number of hydrogen-bond donors (Lipinski definition) is 2. The molecule has 1 amide bonds.